The lowest BCUT2D eigenvalue weighted by Crippen LogP contribution is -2.53. The third kappa shape index (κ3) is 4.67. The molecule has 0 aromatic carbocycles. The molecule has 1 unspecified atom stereocenters. The lowest BCUT2D eigenvalue weighted by Gasteiger charge is -2.42. The van der Waals surface area contributed by atoms with Gasteiger partial charge in [-0.1, -0.05) is 6.07 Å². The molecule has 0 bridgehead atoms. The third-order valence-corrected chi connectivity index (χ3v) is 8.32. The highest BCUT2D eigenvalue weighted by molar-refractivity contribution is 5.48. The summed E-state index contributed by atoms with van der Waals surface area (Å²) in [5.74, 6) is 1.02. The SMILES string of the molecule is CN1CCC(N2CCN(c3nccc4nc(CN(C)C5CCCc6cccnc65)cn34)CC2)CC1. The summed E-state index contributed by atoms with van der Waals surface area (Å²) < 4.78 is 2.20. The van der Waals surface area contributed by atoms with E-state index in [0.29, 0.717) is 6.04 Å². The van der Waals surface area contributed by atoms with Crippen molar-refractivity contribution >= 4 is 11.6 Å². The van der Waals surface area contributed by atoms with Gasteiger partial charge in [-0.15, -0.1) is 0 Å². The normalized spacial score (nSPS) is 22.7. The average molecular weight is 475 g/mol. The Morgan fingerprint density at radius 3 is 2.63 bits per heavy atom. The summed E-state index contributed by atoms with van der Waals surface area (Å²) in [5, 5.41) is 0. The molecule has 8 heteroatoms. The summed E-state index contributed by atoms with van der Waals surface area (Å²) in [7, 11) is 4.45. The summed E-state index contributed by atoms with van der Waals surface area (Å²) in [6.45, 7) is 7.54. The van der Waals surface area contributed by atoms with Crippen LogP contribution in [0.3, 0.4) is 0 Å². The maximum atomic E-state index is 4.97. The van der Waals surface area contributed by atoms with Crippen LogP contribution >= 0.6 is 0 Å². The summed E-state index contributed by atoms with van der Waals surface area (Å²) in [6, 6.07) is 7.42. The lowest BCUT2D eigenvalue weighted by atomic mass is 9.91. The molecule has 6 rings (SSSR count). The number of hydrogen-bond acceptors (Lipinski definition) is 7. The van der Waals surface area contributed by atoms with Gasteiger partial charge in [0.05, 0.1) is 17.4 Å². The first-order valence-corrected chi connectivity index (χ1v) is 13.3. The number of hydrogen-bond donors (Lipinski definition) is 0. The number of anilines is 1. The Balaban J connectivity index is 1.15. The van der Waals surface area contributed by atoms with E-state index < -0.39 is 0 Å². The third-order valence-electron chi connectivity index (χ3n) is 8.32. The lowest BCUT2D eigenvalue weighted by molar-refractivity contribution is 0.115. The zero-order valence-electron chi connectivity index (χ0n) is 21.2. The van der Waals surface area contributed by atoms with Crippen molar-refractivity contribution in [2.24, 2.45) is 0 Å². The second kappa shape index (κ2) is 9.84. The minimum Gasteiger partial charge on any atom is -0.339 e. The number of pyridine rings is 1. The number of rotatable bonds is 5. The molecule has 3 aliphatic rings. The number of piperidine rings is 1. The van der Waals surface area contributed by atoms with Gasteiger partial charge in [-0.05, 0) is 77.0 Å². The van der Waals surface area contributed by atoms with E-state index in [1.165, 1.54) is 43.6 Å². The highest BCUT2D eigenvalue weighted by atomic mass is 15.4. The summed E-state index contributed by atoms with van der Waals surface area (Å²) in [6.07, 6.45) is 12.1. The van der Waals surface area contributed by atoms with Crippen LogP contribution in [0, 0.1) is 0 Å². The van der Waals surface area contributed by atoms with Crippen molar-refractivity contribution in [2.75, 3.05) is 58.3 Å². The number of aromatic nitrogens is 4. The Morgan fingerprint density at radius 2 is 1.80 bits per heavy atom. The molecule has 1 atom stereocenters. The molecule has 35 heavy (non-hydrogen) atoms. The van der Waals surface area contributed by atoms with Gasteiger partial charge in [-0.25, -0.2) is 9.97 Å². The number of likely N-dealkylation sites (tertiary alicyclic amines) is 1. The van der Waals surface area contributed by atoms with Gasteiger partial charge in [0, 0.05) is 57.4 Å². The van der Waals surface area contributed by atoms with Crippen molar-refractivity contribution in [3.05, 3.63) is 53.7 Å². The number of nitrogens with zero attached hydrogens (tertiary/aromatic N) is 8. The van der Waals surface area contributed by atoms with E-state index in [1.807, 2.05) is 18.5 Å². The van der Waals surface area contributed by atoms with Crippen LogP contribution in [0.1, 0.15) is 48.7 Å². The topological polar surface area (TPSA) is 56.0 Å². The number of fused-ring (bicyclic) bond motifs is 2. The van der Waals surface area contributed by atoms with Crippen LogP contribution in [-0.4, -0.2) is 93.5 Å². The fraction of sp³-hybridized carbons (Fsp3) is 0.593. The number of piperazine rings is 1. The first kappa shape index (κ1) is 22.9. The van der Waals surface area contributed by atoms with Crippen LogP contribution in [0.4, 0.5) is 5.95 Å². The molecule has 2 fully saturated rings. The molecule has 3 aromatic rings. The predicted molar refractivity (Wildman–Crippen MR) is 139 cm³/mol. The monoisotopic (exact) mass is 474 g/mol. The van der Waals surface area contributed by atoms with Crippen LogP contribution in [0.25, 0.3) is 5.65 Å². The molecule has 0 radical (unpaired) electrons. The second-order valence-corrected chi connectivity index (χ2v) is 10.6. The van der Waals surface area contributed by atoms with Gasteiger partial charge in [0.2, 0.25) is 5.95 Å². The minimum atomic E-state index is 0.356. The molecule has 0 amide bonds. The summed E-state index contributed by atoms with van der Waals surface area (Å²) >= 11 is 0. The van der Waals surface area contributed by atoms with Crippen molar-refractivity contribution in [3.63, 3.8) is 0 Å². The van der Waals surface area contributed by atoms with E-state index in [4.69, 9.17) is 15.0 Å². The van der Waals surface area contributed by atoms with Gasteiger partial charge >= 0.3 is 0 Å². The van der Waals surface area contributed by atoms with E-state index >= 15 is 0 Å². The predicted octanol–water partition coefficient (Wildman–Crippen LogP) is 2.85. The van der Waals surface area contributed by atoms with Crippen molar-refractivity contribution in [3.8, 4) is 0 Å². The van der Waals surface area contributed by atoms with Gasteiger partial charge in [-0.3, -0.25) is 19.2 Å². The maximum Gasteiger partial charge on any atom is 0.211 e. The average Bonchev–Trinajstić information content (AvgIpc) is 3.31. The van der Waals surface area contributed by atoms with Crippen LogP contribution in [0.15, 0.2) is 36.8 Å². The van der Waals surface area contributed by atoms with Gasteiger partial charge in [-0.2, -0.15) is 0 Å². The van der Waals surface area contributed by atoms with Crippen LogP contribution in [0.2, 0.25) is 0 Å². The molecule has 0 N–H and O–H groups in total. The fourth-order valence-electron chi connectivity index (χ4n) is 6.29. The first-order valence-electron chi connectivity index (χ1n) is 13.3. The van der Waals surface area contributed by atoms with Crippen LogP contribution < -0.4 is 4.90 Å². The second-order valence-electron chi connectivity index (χ2n) is 10.6. The minimum absolute atomic E-state index is 0.356. The molecule has 1 aliphatic carbocycles. The van der Waals surface area contributed by atoms with Gasteiger partial charge in [0.15, 0.2) is 0 Å². The molecule has 186 valence electrons. The number of aryl methyl sites for hydroxylation is 1. The Hall–Kier alpha value is -2.55. The molecule has 0 saturated carbocycles. The molecule has 2 aliphatic heterocycles. The zero-order chi connectivity index (χ0) is 23.8. The highest BCUT2D eigenvalue weighted by Crippen LogP contribution is 2.32. The molecule has 3 aromatic heterocycles. The largest absolute Gasteiger partial charge is 0.339 e. The molecule has 8 nitrogen and oxygen atoms in total. The fourth-order valence-corrected chi connectivity index (χ4v) is 6.29. The maximum absolute atomic E-state index is 4.97. The Labute approximate surface area is 208 Å². The zero-order valence-corrected chi connectivity index (χ0v) is 21.2. The van der Waals surface area contributed by atoms with E-state index in [-0.39, 0.29) is 0 Å². The Bertz CT molecular complexity index is 1140. The van der Waals surface area contributed by atoms with Gasteiger partial charge in [0.25, 0.3) is 0 Å². The number of imidazole rings is 1. The van der Waals surface area contributed by atoms with Crippen molar-refractivity contribution in [1.82, 2.24) is 34.1 Å². The van der Waals surface area contributed by atoms with Crippen molar-refractivity contribution in [1.29, 1.82) is 0 Å². The van der Waals surface area contributed by atoms with E-state index in [9.17, 15) is 0 Å². The molecular formula is C27H38N8. The van der Waals surface area contributed by atoms with E-state index in [0.717, 1.165) is 68.9 Å². The quantitative estimate of drug-likeness (QED) is 0.564. The van der Waals surface area contributed by atoms with Gasteiger partial charge < -0.3 is 9.80 Å². The Morgan fingerprint density at radius 1 is 0.971 bits per heavy atom. The molecule has 0 spiro atoms. The smallest absolute Gasteiger partial charge is 0.211 e. The van der Waals surface area contributed by atoms with Crippen molar-refractivity contribution in [2.45, 2.75) is 50.7 Å². The van der Waals surface area contributed by atoms with Crippen molar-refractivity contribution < 1.29 is 0 Å². The molecule has 5 heterocycles. The van der Waals surface area contributed by atoms with Gasteiger partial charge in [0.1, 0.15) is 5.65 Å². The van der Waals surface area contributed by atoms with E-state index in [2.05, 4.69) is 56.4 Å². The molecule has 2 saturated heterocycles. The van der Waals surface area contributed by atoms with Crippen LogP contribution in [-0.2, 0) is 13.0 Å². The summed E-state index contributed by atoms with van der Waals surface area (Å²) in [5.41, 5.74) is 4.72. The summed E-state index contributed by atoms with van der Waals surface area (Å²) in [4.78, 5) is 24.5. The standard InChI is InChI=1S/C27H38N8/c1-31-13-9-23(10-14-31)33-15-17-34(18-16-33)27-29-12-8-25-30-22(20-35(25)27)19-32(2)24-7-3-5-21-6-4-11-28-26(21)24/h4,6,8,11-12,20,23-24H,3,5,7,9-10,13-19H2,1-2H3. The van der Waals surface area contributed by atoms with Crippen LogP contribution in [0.5, 0.6) is 0 Å². The Kier molecular flexibility index (Phi) is 6.43. The first-order chi connectivity index (χ1) is 17.2. The molecular weight excluding hydrogens is 436 g/mol. The van der Waals surface area contributed by atoms with E-state index in [1.54, 1.807) is 0 Å². The highest BCUT2D eigenvalue weighted by Gasteiger charge is 2.28.